The van der Waals surface area contributed by atoms with Gasteiger partial charge < -0.3 is 10.4 Å². The molecule has 2 N–H and O–H groups in total. The molecule has 0 aliphatic heterocycles. The monoisotopic (exact) mass is 209 g/mol. The number of aliphatic carboxylic acids is 1. The highest BCUT2D eigenvalue weighted by molar-refractivity contribution is 7.17. The van der Waals surface area contributed by atoms with Crippen molar-refractivity contribution in [2.24, 2.45) is 0 Å². The van der Waals surface area contributed by atoms with Crippen LogP contribution < -0.4 is 5.32 Å². The van der Waals surface area contributed by atoms with Gasteiger partial charge in [-0.1, -0.05) is 0 Å². The maximum atomic E-state index is 10.3. The van der Waals surface area contributed by atoms with E-state index >= 15 is 0 Å². The number of anilines is 1. The van der Waals surface area contributed by atoms with E-state index < -0.39 is 5.97 Å². The van der Waals surface area contributed by atoms with Crippen LogP contribution in [0.15, 0.2) is 17.8 Å². The Bertz CT molecular complexity index is 468. The zero-order valence-electron chi connectivity index (χ0n) is 7.10. The molecule has 0 aromatic carbocycles. The van der Waals surface area contributed by atoms with Gasteiger partial charge in [-0.25, -0.2) is 9.97 Å². The van der Waals surface area contributed by atoms with Gasteiger partial charge in [0.05, 0.1) is 10.2 Å². The lowest BCUT2D eigenvalue weighted by atomic mass is 10.4. The van der Waals surface area contributed by atoms with Crippen LogP contribution in [-0.2, 0) is 4.79 Å². The van der Waals surface area contributed by atoms with Crippen molar-refractivity contribution in [1.29, 1.82) is 0 Å². The second-order valence-electron chi connectivity index (χ2n) is 2.60. The van der Waals surface area contributed by atoms with Gasteiger partial charge in [0.1, 0.15) is 18.7 Å². The first-order valence-electron chi connectivity index (χ1n) is 3.91. The minimum atomic E-state index is -0.909. The van der Waals surface area contributed by atoms with Crippen molar-refractivity contribution in [2.75, 3.05) is 11.9 Å². The minimum Gasteiger partial charge on any atom is -0.480 e. The Morgan fingerprint density at radius 3 is 3.21 bits per heavy atom. The Balaban J connectivity index is 2.32. The van der Waals surface area contributed by atoms with Crippen LogP contribution >= 0.6 is 11.3 Å². The molecule has 0 aliphatic rings. The number of fused-ring (bicyclic) bond motifs is 1. The number of carboxylic acids is 1. The van der Waals surface area contributed by atoms with Crippen molar-refractivity contribution in [3.05, 3.63) is 17.8 Å². The summed E-state index contributed by atoms with van der Waals surface area (Å²) < 4.78 is 0.883. The third-order valence-corrected chi connectivity index (χ3v) is 2.56. The summed E-state index contributed by atoms with van der Waals surface area (Å²) in [7, 11) is 0. The van der Waals surface area contributed by atoms with Crippen LogP contribution in [0.5, 0.6) is 0 Å². The number of hydrogen-bond acceptors (Lipinski definition) is 5. The van der Waals surface area contributed by atoms with E-state index in [2.05, 4.69) is 15.3 Å². The summed E-state index contributed by atoms with van der Waals surface area (Å²) in [5, 5.41) is 13.1. The second kappa shape index (κ2) is 3.59. The van der Waals surface area contributed by atoms with Crippen LogP contribution in [0.2, 0.25) is 0 Å². The number of carbonyl (C=O) groups is 1. The summed E-state index contributed by atoms with van der Waals surface area (Å²) >= 11 is 1.49. The van der Waals surface area contributed by atoms with Gasteiger partial charge in [0, 0.05) is 0 Å². The molecule has 0 bridgehead atoms. The van der Waals surface area contributed by atoms with Crippen LogP contribution in [0.3, 0.4) is 0 Å². The molecule has 14 heavy (non-hydrogen) atoms. The van der Waals surface area contributed by atoms with Crippen LogP contribution in [-0.4, -0.2) is 27.6 Å². The highest BCUT2D eigenvalue weighted by Crippen LogP contribution is 2.24. The van der Waals surface area contributed by atoms with Crippen LogP contribution in [0.4, 0.5) is 5.82 Å². The van der Waals surface area contributed by atoms with Gasteiger partial charge in [-0.2, -0.15) is 0 Å². The number of thiophene rings is 1. The molecule has 2 aromatic rings. The first kappa shape index (κ1) is 8.89. The highest BCUT2D eigenvalue weighted by atomic mass is 32.1. The fourth-order valence-corrected chi connectivity index (χ4v) is 1.89. The molecule has 0 spiro atoms. The van der Waals surface area contributed by atoms with Gasteiger partial charge in [0.2, 0.25) is 0 Å². The van der Waals surface area contributed by atoms with Crippen molar-refractivity contribution in [3.63, 3.8) is 0 Å². The highest BCUT2D eigenvalue weighted by Gasteiger charge is 2.05. The number of rotatable bonds is 3. The van der Waals surface area contributed by atoms with E-state index in [1.807, 2.05) is 11.4 Å². The maximum absolute atomic E-state index is 10.3. The summed E-state index contributed by atoms with van der Waals surface area (Å²) in [5.41, 5.74) is 0.831. The van der Waals surface area contributed by atoms with E-state index in [1.54, 1.807) is 0 Å². The maximum Gasteiger partial charge on any atom is 0.322 e. The zero-order chi connectivity index (χ0) is 9.97. The Hall–Kier alpha value is -1.69. The van der Waals surface area contributed by atoms with Gasteiger partial charge >= 0.3 is 5.97 Å². The number of aromatic nitrogens is 2. The SMILES string of the molecule is O=C(O)CNc1ncnc2ccsc12. The fourth-order valence-electron chi connectivity index (χ4n) is 1.07. The lowest BCUT2D eigenvalue weighted by Crippen LogP contribution is -2.13. The predicted molar refractivity (Wildman–Crippen MR) is 53.5 cm³/mol. The van der Waals surface area contributed by atoms with Crippen molar-refractivity contribution in [1.82, 2.24) is 9.97 Å². The smallest absolute Gasteiger partial charge is 0.322 e. The first-order chi connectivity index (χ1) is 6.77. The summed E-state index contributed by atoms with van der Waals surface area (Å²) in [6, 6.07) is 1.87. The minimum absolute atomic E-state index is 0.135. The molecule has 2 rings (SSSR count). The molecular formula is C8H7N3O2S. The largest absolute Gasteiger partial charge is 0.480 e. The zero-order valence-corrected chi connectivity index (χ0v) is 7.91. The Morgan fingerprint density at radius 2 is 2.43 bits per heavy atom. The van der Waals surface area contributed by atoms with E-state index in [9.17, 15) is 4.79 Å². The molecule has 0 fully saturated rings. The van der Waals surface area contributed by atoms with Crippen molar-refractivity contribution in [3.8, 4) is 0 Å². The molecule has 0 aliphatic carbocycles. The lowest BCUT2D eigenvalue weighted by molar-refractivity contribution is -0.134. The Kier molecular flexibility index (Phi) is 2.28. The van der Waals surface area contributed by atoms with E-state index in [-0.39, 0.29) is 6.54 Å². The van der Waals surface area contributed by atoms with Gasteiger partial charge in [-0.15, -0.1) is 11.3 Å². The second-order valence-corrected chi connectivity index (χ2v) is 3.52. The topological polar surface area (TPSA) is 75.1 Å². The molecular weight excluding hydrogens is 202 g/mol. The summed E-state index contributed by atoms with van der Waals surface area (Å²) in [5.74, 6) is -0.333. The Morgan fingerprint density at radius 1 is 1.57 bits per heavy atom. The van der Waals surface area contributed by atoms with E-state index in [0.717, 1.165) is 10.2 Å². The molecule has 0 radical (unpaired) electrons. The number of hydrogen-bond donors (Lipinski definition) is 2. The molecule has 6 heteroatoms. The van der Waals surface area contributed by atoms with Crippen molar-refractivity contribution >= 4 is 33.3 Å². The third-order valence-electron chi connectivity index (χ3n) is 1.65. The van der Waals surface area contributed by atoms with Gasteiger partial charge in [0.15, 0.2) is 0 Å². The number of carboxylic acid groups (broad SMARTS) is 1. The molecule has 0 unspecified atom stereocenters. The normalized spacial score (nSPS) is 10.3. The lowest BCUT2D eigenvalue weighted by Gasteiger charge is -2.01. The number of nitrogens with zero attached hydrogens (tertiary/aromatic N) is 2. The molecule has 0 saturated heterocycles. The summed E-state index contributed by atoms with van der Waals surface area (Å²) in [6.07, 6.45) is 1.42. The standard InChI is InChI=1S/C8H7N3O2S/c12-6(13)3-9-8-7-5(1-2-14-7)10-4-11-8/h1-2,4H,3H2,(H,12,13)(H,9,10,11). The van der Waals surface area contributed by atoms with Crippen LogP contribution in [0.1, 0.15) is 0 Å². The summed E-state index contributed by atoms with van der Waals surface area (Å²) in [6.45, 7) is -0.135. The van der Waals surface area contributed by atoms with E-state index in [1.165, 1.54) is 17.7 Å². The van der Waals surface area contributed by atoms with Gasteiger partial charge in [0.25, 0.3) is 0 Å². The average Bonchev–Trinajstić information content (AvgIpc) is 2.62. The van der Waals surface area contributed by atoms with Crippen molar-refractivity contribution < 1.29 is 9.90 Å². The molecule has 0 saturated carbocycles. The Labute approximate surface area is 83.4 Å². The molecule has 2 aromatic heterocycles. The number of nitrogens with one attached hydrogen (secondary N) is 1. The quantitative estimate of drug-likeness (QED) is 0.794. The molecule has 0 amide bonds. The van der Waals surface area contributed by atoms with E-state index in [0.29, 0.717) is 5.82 Å². The van der Waals surface area contributed by atoms with Crippen LogP contribution in [0.25, 0.3) is 10.2 Å². The molecule has 5 nitrogen and oxygen atoms in total. The average molecular weight is 209 g/mol. The van der Waals surface area contributed by atoms with Crippen LogP contribution in [0, 0.1) is 0 Å². The fraction of sp³-hybridized carbons (Fsp3) is 0.125. The third kappa shape index (κ3) is 1.64. The summed E-state index contributed by atoms with van der Waals surface area (Å²) in [4.78, 5) is 18.4. The van der Waals surface area contributed by atoms with Gasteiger partial charge in [-0.3, -0.25) is 4.79 Å². The van der Waals surface area contributed by atoms with E-state index in [4.69, 9.17) is 5.11 Å². The van der Waals surface area contributed by atoms with Gasteiger partial charge in [-0.05, 0) is 11.4 Å². The predicted octanol–water partition coefficient (Wildman–Crippen LogP) is 1.19. The first-order valence-corrected chi connectivity index (χ1v) is 4.79. The molecule has 2 heterocycles. The molecule has 72 valence electrons. The van der Waals surface area contributed by atoms with Crippen molar-refractivity contribution in [2.45, 2.75) is 0 Å². The molecule has 0 atom stereocenters.